The zero-order valence-electron chi connectivity index (χ0n) is 18.1. The summed E-state index contributed by atoms with van der Waals surface area (Å²) in [6, 6.07) is 0. The van der Waals surface area contributed by atoms with Crippen molar-refractivity contribution in [3.8, 4) is 0 Å². The molecule has 9 heteroatoms. The van der Waals surface area contributed by atoms with E-state index in [0.29, 0.717) is 0 Å². The summed E-state index contributed by atoms with van der Waals surface area (Å²) in [5.74, 6) is -3.14. The highest BCUT2D eigenvalue weighted by Crippen LogP contribution is 2.60. The highest BCUT2D eigenvalue weighted by atomic mass is 16.7. The number of carbonyl (C=O) groups excluding carboxylic acids is 3. The van der Waals surface area contributed by atoms with Gasteiger partial charge in [0.05, 0.1) is 16.9 Å². The third-order valence-corrected chi connectivity index (χ3v) is 5.15. The van der Waals surface area contributed by atoms with Crippen molar-refractivity contribution in [3.63, 3.8) is 0 Å². The van der Waals surface area contributed by atoms with Gasteiger partial charge < -0.3 is 29.2 Å². The van der Waals surface area contributed by atoms with Crippen LogP contribution in [0.1, 0.15) is 55.4 Å². The van der Waals surface area contributed by atoms with Crippen LogP contribution in [0.2, 0.25) is 0 Å². The molecule has 0 amide bonds. The number of hydrogen-bond acceptors (Lipinski definition) is 9. The summed E-state index contributed by atoms with van der Waals surface area (Å²) >= 11 is 0. The van der Waals surface area contributed by atoms with Gasteiger partial charge in [0.1, 0.15) is 5.60 Å². The predicted molar refractivity (Wildman–Crippen MR) is 98.7 cm³/mol. The van der Waals surface area contributed by atoms with Gasteiger partial charge in [-0.1, -0.05) is 13.8 Å². The van der Waals surface area contributed by atoms with Crippen LogP contribution in [-0.2, 0) is 33.3 Å². The van der Waals surface area contributed by atoms with Crippen LogP contribution in [0.25, 0.3) is 0 Å². The predicted octanol–water partition coefficient (Wildman–Crippen LogP) is 1.41. The lowest BCUT2D eigenvalue weighted by Gasteiger charge is -2.23. The number of cyclic esters (lactones) is 1. The molecule has 29 heavy (non-hydrogen) atoms. The monoisotopic (exact) mass is 414 g/mol. The minimum absolute atomic E-state index is 0.304. The van der Waals surface area contributed by atoms with E-state index in [0.717, 1.165) is 0 Å². The summed E-state index contributed by atoms with van der Waals surface area (Å²) in [6.07, 6.45) is -2.63. The van der Waals surface area contributed by atoms with Crippen molar-refractivity contribution >= 4 is 17.9 Å². The smallest absolute Gasteiger partial charge is 0.378 e. The maximum Gasteiger partial charge on any atom is 0.378 e. The van der Waals surface area contributed by atoms with Crippen LogP contribution in [0, 0.1) is 16.2 Å². The third-order valence-electron chi connectivity index (χ3n) is 5.15. The highest BCUT2D eigenvalue weighted by Gasteiger charge is 2.78. The van der Waals surface area contributed by atoms with E-state index in [2.05, 4.69) is 0 Å². The van der Waals surface area contributed by atoms with Gasteiger partial charge in [0.25, 0.3) is 5.76 Å². The zero-order chi connectivity index (χ0) is 22.6. The van der Waals surface area contributed by atoms with Crippen LogP contribution in [0.4, 0.5) is 0 Å². The molecule has 1 fully saturated rings. The Kier molecular flexibility index (Phi) is 5.57. The molecule has 2 rings (SSSR count). The molecule has 3 atom stereocenters. The van der Waals surface area contributed by atoms with E-state index >= 15 is 0 Å². The maximum atomic E-state index is 12.4. The lowest BCUT2D eigenvalue weighted by atomic mass is 9.97. The molecule has 0 aromatic carbocycles. The Morgan fingerprint density at radius 2 is 1.55 bits per heavy atom. The van der Waals surface area contributed by atoms with Crippen molar-refractivity contribution in [2.45, 2.75) is 73.2 Å². The molecule has 1 saturated carbocycles. The standard InChI is InChI=1S/C20H30O9/c1-17(2,3)15(23)27-9-26-10-11(28-16(24)18(4,5)6)13(21)29-12(10)20(25)14(22)19(20,7)8/h12,14,22,25H,9H2,1-8H3/t12-,14?,20+/m0/s1. The van der Waals surface area contributed by atoms with Crippen molar-refractivity contribution in [2.24, 2.45) is 16.2 Å². The van der Waals surface area contributed by atoms with Gasteiger partial charge in [-0.25, -0.2) is 4.79 Å². The molecule has 0 radical (unpaired) electrons. The summed E-state index contributed by atoms with van der Waals surface area (Å²) in [5, 5.41) is 21.1. The van der Waals surface area contributed by atoms with Gasteiger partial charge >= 0.3 is 17.9 Å². The van der Waals surface area contributed by atoms with Crippen LogP contribution in [0.5, 0.6) is 0 Å². The normalized spacial score (nSPS) is 28.7. The van der Waals surface area contributed by atoms with E-state index in [1.54, 1.807) is 55.4 Å². The fourth-order valence-electron chi connectivity index (χ4n) is 2.79. The second-order valence-corrected chi connectivity index (χ2v) is 10.0. The molecule has 1 unspecified atom stereocenters. The van der Waals surface area contributed by atoms with E-state index in [1.165, 1.54) is 0 Å². The number of aliphatic hydroxyl groups excluding tert-OH is 1. The van der Waals surface area contributed by atoms with Gasteiger partial charge in [-0.2, -0.15) is 0 Å². The summed E-state index contributed by atoms with van der Waals surface area (Å²) < 4.78 is 20.8. The Hall–Kier alpha value is -2.13. The lowest BCUT2D eigenvalue weighted by Crippen LogP contribution is -2.37. The first kappa shape index (κ1) is 23.2. The van der Waals surface area contributed by atoms with Crippen molar-refractivity contribution in [2.75, 3.05) is 6.79 Å². The molecule has 0 saturated heterocycles. The second-order valence-electron chi connectivity index (χ2n) is 10.0. The molecule has 9 nitrogen and oxygen atoms in total. The first-order valence-electron chi connectivity index (χ1n) is 9.33. The number of esters is 3. The van der Waals surface area contributed by atoms with Crippen molar-refractivity contribution in [1.82, 2.24) is 0 Å². The van der Waals surface area contributed by atoms with Crippen LogP contribution in [0.15, 0.2) is 11.5 Å². The second kappa shape index (κ2) is 6.98. The van der Waals surface area contributed by atoms with Crippen molar-refractivity contribution in [3.05, 3.63) is 11.5 Å². The average Bonchev–Trinajstić information content (AvgIpc) is 2.83. The minimum Gasteiger partial charge on any atom is -0.453 e. The fraction of sp³-hybridized carbons (Fsp3) is 0.750. The Morgan fingerprint density at radius 1 is 1.07 bits per heavy atom. The topological polar surface area (TPSA) is 129 Å². The maximum absolute atomic E-state index is 12.4. The molecule has 0 aromatic heterocycles. The Balaban J connectivity index is 2.32. The largest absolute Gasteiger partial charge is 0.453 e. The van der Waals surface area contributed by atoms with Crippen LogP contribution < -0.4 is 0 Å². The SMILES string of the molecule is CC(C)(C)C(=O)OCOC1=C(OC(=O)C(C)(C)C)C(=O)O[C@@H]1[C@@]1(O)C(O)C1(C)C. The van der Waals surface area contributed by atoms with Gasteiger partial charge in [0.15, 0.2) is 11.9 Å². The van der Waals surface area contributed by atoms with Crippen molar-refractivity contribution < 1.29 is 43.5 Å². The van der Waals surface area contributed by atoms with Gasteiger partial charge in [0, 0.05) is 5.41 Å². The molecule has 0 spiro atoms. The number of ether oxygens (including phenoxy) is 4. The Labute approximate surface area is 169 Å². The summed E-state index contributed by atoms with van der Waals surface area (Å²) in [4.78, 5) is 36.6. The average molecular weight is 414 g/mol. The van der Waals surface area contributed by atoms with Crippen LogP contribution in [0.3, 0.4) is 0 Å². The molecule has 0 aromatic rings. The van der Waals surface area contributed by atoms with Crippen molar-refractivity contribution in [1.29, 1.82) is 0 Å². The minimum atomic E-state index is -1.85. The molecule has 1 heterocycles. The summed E-state index contributed by atoms with van der Waals surface area (Å²) in [5.41, 5.74) is -4.56. The first-order chi connectivity index (χ1) is 13.0. The molecule has 0 bridgehead atoms. The van der Waals surface area contributed by atoms with Gasteiger partial charge in [-0.05, 0) is 41.5 Å². The van der Waals surface area contributed by atoms with E-state index < -0.39 is 64.5 Å². The lowest BCUT2D eigenvalue weighted by molar-refractivity contribution is -0.166. The van der Waals surface area contributed by atoms with E-state index in [4.69, 9.17) is 18.9 Å². The molecular formula is C20H30O9. The van der Waals surface area contributed by atoms with E-state index in [-0.39, 0.29) is 5.76 Å². The number of rotatable bonds is 5. The quantitative estimate of drug-likeness (QED) is 0.390. The van der Waals surface area contributed by atoms with Gasteiger partial charge in [-0.15, -0.1) is 0 Å². The fourth-order valence-corrected chi connectivity index (χ4v) is 2.79. The Morgan fingerprint density at radius 3 is 1.97 bits per heavy atom. The van der Waals surface area contributed by atoms with Crippen LogP contribution >= 0.6 is 0 Å². The molecule has 1 aliphatic carbocycles. The first-order valence-corrected chi connectivity index (χ1v) is 9.33. The van der Waals surface area contributed by atoms with E-state index in [9.17, 15) is 24.6 Å². The molecule has 2 N–H and O–H groups in total. The zero-order valence-corrected chi connectivity index (χ0v) is 18.1. The highest BCUT2D eigenvalue weighted by molar-refractivity contribution is 5.93. The Bertz CT molecular complexity index is 751. The molecular weight excluding hydrogens is 384 g/mol. The molecule has 164 valence electrons. The van der Waals surface area contributed by atoms with Crippen LogP contribution in [-0.4, -0.2) is 52.7 Å². The number of hydrogen-bond donors (Lipinski definition) is 2. The number of carbonyl (C=O) groups is 3. The van der Waals surface area contributed by atoms with Gasteiger partial charge in [-0.3, -0.25) is 9.59 Å². The summed E-state index contributed by atoms with van der Waals surface area (Å²) in [7, 11) is 0. The van der Waals surface area contributed by atoms with Gasteiger partial charge in [0.2, 0.25) is 6.79 Å². The van der Waals surface area contributed by atoms with E-state index in [1.807, 2.05) is 0 Å². The molecule has 2 aliphatic rings. The molecule has 1 aliphatic heterocycles. The third kappa shape index (κ3) is 3.98. The number of aliphatic hydroxyl groups is 2. The summed E-state index contributed by atoms with van der Waals surface area (Å²) in [6.45, 7) is 12.3.